The number of nitrogens with one attached hydrogen (secondary N) is 2. The van der Waals surface area contributed by atoms with E-state index < -0.39 is 24.1 Å². The maximum Gasteiger partial charge on any atom is 0.407 e. The third kappa shape index (κ3) is 5.75. The summed E-state index contributed by atoms with van der Waals surface area (Å²) in [4.78, 5) is 35.8. The Kier molecular flexibility index (Phi) is 7.47. The molecule has 2 amide bonds. The zero-order valence-electron chi connectivity index (χ0n) is 18.9. The highest BCUT2D eigenvalue weighted by molar-refractivity contribution is 5.80. The van der Waals surface area contributed by atoms with Crippen molar-refractivity contribution in [1.82, 2.24) is 10.6 Å². The Balaban J connectivity index is 1.29. The van der Waals surface area contributed by atoms with Crippen LogP contribution in [0.5, 0.6) is 0 Å². The van der Waals surface area contributed by atoms with Gasteiger partial charge in [0.2, 0.25) is 5.91 Å². The molecular weight excluding hydrogens is 436 g/mol. The van der Waals surface area contributed by atoms with Crippen molar-refractivity contribution >= 4 is 18.0 Å². The molecule has 8 heteroatoms. The second-order valence-electron chi connectivity index (χ2n) is 9.02. The Bertz CT molecular complexity index is 1010. The molecule has 2 atom stereocenters. The van der Waals surface area contributed by atoms with Crippen LogP contribution in [0.2, 0.25) is 0 Å². The quantitative estimate of drug-likeness (QED) is 0.404. The minimum atomic E-state index is -1.51. The molecule has 0 aromatic heterocycles. The summed E-state index contributed by atoms with van der Waals surface area (Å²) in [6, 6.07) is 16.2. The summed E-state index contributed by atoms with van der Waals surface area (Å²) >= 11 is 0. The number of hydrogen-bond donors (Lipinski definition) is 4. The number of fused-ring (bicyclic) bond motifs is 3. The topological polar surface area (TPSA) is 125 Å². The smallest absolute Gasteiger partial charge is 0.407 e. The van der Waals surface area contributed by atoms with E-state index in [1.54, 1.807) is 0 Å². The van der Waals surface area contributed by atoms with E-state index in [4.69, 9.17) is 9.84 Å². The lowest BCUT2D eigenvalue weighted by Gasteiger charge is -2.19. The number of alkyl carbamates (subject to hydrolysis) is 1. The standard InChI is InChI=1S/C26H30N2O6/c29-23(25(31)32)11-12-27-24(30)17(13-16-9-10-16)14-28-26(33)34-15-22-20-7-3-1-5-18(20)19-6-2-4-8-21(19)22/h1-8,16-17,22-23,29H,9-15H2,(H,27,30)(H,28,33)(H,31,32)/t17?,23-/m0/s1. The molecule has 2 aliphatic carbocycles. The number of aliphatic hydroxyl groups is 1. The summed E-state index contributed by atoms with van der Waals surface area (Å²) in [6.07, 6.45) is 0.616. The minimum Gasteiger partial charge on any atom is -0.479 e. The minimum absolute atomic E-state index is 0.0376. The van der Waals surface area contributed by atoms with Crippen molar-refractivity contribution in [3.05, 3.63) is 59.7 Å². The Morgan fingerprint density at radius 3 is 2.18 bits per heavy atom. The zero-order chi connectivity index (χ0) is 24.1. The lowest BCUT2D eigenvalue weighted by molar-refractivity contribution is -0.147. The molecule has 2 aliphatic rings. The van der Waals surface area contributed by atoms with Crippen LogP contribution < -0.4 is 10.6 Å². The molecule has 1 saturated carbocycles. The van der Waals surface area contributed by atoms with Gasteiger partial charge in [0.25, 0.3) is 0 Å². The molecule has 8 nitrogen and oxygen atoms in total. The first-order valence-corrected chi connectivity index (χ1v) is 11.7. The summed E-state index contributed by atoms with van der Waals surface area (Å²) in [6.45, 7) is 0.394. The highest BCUT2D eigenvalue weighted by Crippen LogP contribution is 2.44. The van der Waals surface area contributed by atoms with Crippen LogP contribution in [0.4, 0.5) is 4.79 Å². The number of amides is 2. The number of aliphatic carboxylic acids is 1. The van der Waals surface area contributed by atoms with Gasteiger partial charge in [-0.2, -0.15) is 0 Å². The maximum atomic E-state index is 12.6. The summed E-state index contributed by atoms with van der Waals surface area (Å²) in [5, 5.41) is 23.5. The first kappa shape index (κ1) is 23.8. The van der Waals surface area contributed by atoms with Crippen LogP contribution in [-0.4, -0.2) is 54.0 Å². The maximum absolute atomic E-state index is 12.6. The largest absolute Gasteiger partial charge is 0.479 e. The Hall–Kier alpha value is -3.39. The fourth-order valence-electron chi connectivity index (χ4n) is 4.49. The number of benzene rings is 2. The van der Waals surface area contributed by atoms with Gasteiger partial charge in [-0.1, -0.05) is 61.4 Å². The Morgan fingerprint density at radius 1 is 0.971 bits per heavy atom. The number of aliphatic hydroxyl groups excluding tert-OH is 1. The van der Waals surface area contributed by atoms with Crippen LogP contribution in [0.25, 0.3) is 11.1 Å². The van der Waals surface area contributed by atoms with Crippen molar-refractivity contribution in [3.8, 4) is 11.1 Å². The molecule has 0 saturated heterocycles. The van der Waals surface area contributed by atoms with E-state index in [2.05, 4.69) is 34.9 Å². The second-order valence-corrected chi connectivity index (χ2v) is 9.02. The Labute approximate surface area is 198 Å². The average Bonchev–Trinajstić information content (AvgIpc) is 3.60. The second kappa shape index (κ2) is 10.7. The molecule has 1 fully saturated rings. The van der Waals surface area contributed by atoms with Crippen molar-refractivity contribution in [2.45, 2.75) is 37.7 Å². The average molecular weight is 467 g/mol. The predicted molar refractivity (Wildman–Crippen MR) is 125 cm³/mol. The van der Waals surface area contributed by atoms with E-state index >= 15 is 0 Å². The molecule has 0 bridgehead atoms. The molecule has 0 radical (unpaired) electrons. The van der Waals surface area contributed by atoms with Crippen molar-refractivity contribution in [1.29, 1.82) is 0 Å². The molecule has 34 heavy (non-hydrogen) atoms. The molecule has 0 spiro atoms. The summed E-state index contributed by atoms with van der Waals surface area (Å²) in [5.41, 5.74) is 4.57. The fourth-order valence-corrected chi connectivity index (χ4v) is 4.49. The van der Waals surface area contributed by atoms with Crippen LogP contribution in [0.3, 0.4) is 0 Å². The van der Waals surface area contributed by atoms with Crippen molar-refractivity contribution in [2.24, 2.45) is 11.8 Å². The van der Waals surface area contributed by atoms with E-state index in [1.165, 1.54) is 0 Å². The molecule has 180 valence electrons. The highest BCUT2D eigenvalue weighted by Gasteiger charge is 2.31. The highest BCUT2D eigenvalue weighted by atomic mass is 16.5. The van der Waals surface area contributed by atoms with E-state index in [-0.39, 0.29) is 37.9 Å². The van der Waals surface area contributed by atoms with Crippen LogP contribution in [0.1, 0.15) is 42.7 Å². The van der Waals surface area contributed by atoms with Crippen molar-refractivity contribution < 1.29 is 29.3 Å². The van der Waals surface area contributed by atoms with Gasteiger partial charge in [0.15, 0.2) is 6.10 Å². The number of ether oxygens (including phenoxy) is 1. The molecule has 0 aliphatic heterocycles. The lowest BCUT2D eigenvalue weighted by atomic mass is 9.98. The van der Waals surface area contributed by atoms with Gasteiger partial charge in [0.05, 0.1) is 5.92 Å². The zero-order valence-corrected chi connectivity index (χ0v) is 18.9. The molecule has 2 aromatic rings. The fraction of sp³-hybridized carbons (Fsp3) is 0.423. The number of carbonyl (C=O) groups is 3. The van der Waals surface area contributed by atoms with Gasteiger partial charge in [0, 0.05) is 25.4 Å². The molecule has 2 aromatic carbocycles. The molecular formula is C26H30N2O6. The normalized spacial score (nSPS) is 16.1. The molecule has 1 unspecified atom stereocenters. The first-order chi connectivity index (χ1) is 16.4. The molecule has 4 rings (SSSR count). The van der Waals surface area contributed by atoms with Gasteiger partial charge in [-0.05, 0) is 34.6 Å². The molecule has 0 heterocycles. The lowest BCUT2D eigenvalue weighted by Crippen LogP contribution is -2.40. The predicted octanol–water partition coefficient (Wildman–Crippen LogP) is 2.89. The van der Waals surface area contributed by atoms with Crippen molar-refractivity contribution in [2.75, 3.05) is 19.7 Å². The Morgan fingerprint density at radius 2 is 1.59 bits per heavy atom. The van der Waals surface area contributed by atoms with Crippen molar-refractivity contribution in [3.63, 3.8) is 0 Å². The van der Waals surface area contributed by atoms with Crippen LogP contribution >= 0.6 is 0 Å². The van der Waals surface area contributed by atoms with Gasteiger partial charge in [0.1, 0.15) is 6.61 Å². The third-order valence-corrected chi connectivity index (χ3v) is 6.52. The van der Waals surface area contributed by atoms with Gasteiger partial charge < -0.3 is 25.6 Å². The SMILES string of the molecule is O=C(NCC(CC1CC1)C(=O)NCC[C@H](O)C(=O)O)OCC1c2ccccc2-c2ccccc21. The summed E-state index contributed by atoms with van der Waals surface area (Å²) in [7, 11) is 0. The van der Waals surface area contributed by atoms with Gasteiger partial charge in [-0.25, -0.2) is 9.59 Å². The summed E-state index contributed by atoms with van der Waals surface area (Å²) in [5.74, 6) is -1.59. The number of rotatable bonds is 11. The first-order valence-electron chi connectivity index (χ1n) is 11.7. The third-order valence-electron chi connectivity index (χ3n) is 6.52. The van der Waals surface area contributed by atoms with E-state index in [0.29, 0.717) is 12.3 Å². The van der Waals surface area contributed by atoms with Crippen LogP contribution in [0.15, 0.2) is 48.5 Å². The van der Waals surface area contributed by atoms with Gasteiger partial charge in [-0.3, -0.25) is 4.79 Å². The number of hydrogen-bond acceptors (Lipinski definition) is 5. The molecule has 4 N–H and O–H groups in total. The summed E-state index contributed by atoms with van der Waals surface area (Å²) < 4.78 is 5.55. The number of carboxylic acids is 1. The number of carboxylic acid groups (broad SMARTS) is 1. The van der Waals surface area contributed by atoms with Gasteiger partial charge in [-0.15, -0.1) is 0 Å². The monoisotopic (exact) mass is 466 g/mol. The van der Waals surface area contributed by atoms with Crippen LogP contribution in [0, 0.1) is 11.8 Å². The van der Waals surface area contributed by atoms with Crippen LogP contribution in [-0.2, 0) is 14.3 Å². The van der Waals surface area contributed by atoms with E-state index in [1.807, 2.05) is 24.3 Å². The van der Waals surface area contributed by atoms with Gasteiger partial charge >= 0.3 is 12.1 Å². The van der Waals surface area contributed by atoms with E-state index in [0.717, 1.165) is 35.1 Å². The number of carbonyl (C=O) groups excluding carboxylic acids is 2. The van der Waals surface area contributed by atoms with E-state index in [9.17, 15) is 19.5 Å².